The first kappa shape index (κ1) is 26.8. The number of aryl methyl sites for hydroxylation is 2. The number of carbonyl (C=O) groups excluding carboxylic acids is 1. The number of nitrogens with zero attached hydrogens (tertiary/aromatic N) is 3. The van der Waals surface area contributed by atoms with Crippen LogP contribution < -0.4 is 5.43 Å². The fourth-order valence-electron chi connectivity index (χ4n) is 5.45. The lowest BCUT2D eigenvalue weighted by Crippen LogP contribution is -2.17. The van der Waals surface area contributed by atoms with E-state index in [0.29, 0.717) is 5.56 Å². The SMILES string of the molecule is Cc1cccc(-n2c(C)cc(/C=N\NC(=O)c3ccc(-n4c(-c5ccccc5)ccc4-c4ccccc4)cc3)c2C)c1. The van der Waals surface area contributed by atoms with Crippen LogP contribution >= 0.6 is 0 Å². The van der Waals surface area contributed by atoms with E-state index in [0.717, 1.165) is 50.8 Å². The van der Waals surface area contributed by atoms with Crippen LogP contribution in [0.2, 0.25) is 0 Å². The summed E-state index contributed by atoms with van der Waals surface area (Å²) in [4.78, 5) is 13.0. The van der Waals surface area contributed by atoms with Gasteiger partial charge in [0.15, 0.2) is 0 Å². The zero-order chi connectivity index (χ0) is 29.1. The zero-order valence-electron chi connectivity index (χ0n) is 24.0. The molecule has 5 nitrogen and oxygen atoms in total. The van der Waals surface area contributed by atoms with Crippen molar-refractivity contribution in [2.45, 2.75) is 20.8 Å². The first-order chi connectivity index (χ1) is 20.5. The molecule has 0 unspecified atom stereocenters. The minimum Gasteiger partial charge on any atom is -0.318 e. The summed E-state index contributed by atoms with van der Waals surface area (Å²) >= 11 is 0. The monoisotopic (exact) mass is 548 g/mol. The van der Waals surface area contributed by atoms with Gasteiger partial charge in [-0.1, -0.05) is 72.8 Å². The summed E-state index contributed by atoms with van der Waals surface area (Å²) in [5.41, 5.74) is 14.1. The largest absolute Gasteiger partial charge is 0.318 e. The summed E-state index contributed by atoms with van der Waals surface area (Å²) in [6.07, 6.45) is 1.71. The van der Waals surface area contributed by atoms with Crippen molar-refractivity contribution in [2.75, 3.05) is 0 Å². The third kappa shape index (κ3) is 5.32. The normalized spacial score (nSPS) is 11.2. The summed E-state index contributed by atoms with van der Waals surface area (Å²) in [7, 11) is 0. The maximum absolute atomic E-state index is 13.0. The highest BCUT2D eigenvalue weighted by atomic mass is 16.2. The molecule has 0 aliphatic heterocycles. The highest BCUT2D eigenvalue weighted by Crippen LogP contribution is 2.32. The number of rotatable bonds is 7. The second-order valence-corrected chi connectivity index (χ2v) is 10.4. The van der Waals surface area contributed by atoms with Gasteiger partial charge in [-0.15, -0.1) is 0 Å². The summed E-state index contributed by atoms with van der Waals surface area (Å²) in [5, 5.41) is 4.28. The molecule has 0 saturated carbocycles. The first-order valence-electron chi connectivity index (χ1n) is 14.0. The van der Waals surface area contributed by atoms with Gasteiger partial charge in [-0.3, -0.25) is 4.79 Å². The molecule has 206 valence electrons. The highest BCUT2D eigenvalue weighted by Gasteiger charge is 2.15. The Morgan fingerprint density at radius 1 is 0.643 bits per heavy atom. The van der Waals surface area contributed by atoms with E-state index in [9.17, 15) is 4.79 Å². The Morgan fingerprint density at radius 3 is 1.86 bits per heavy atom. The summed E-state index contributed by atoms with van der Waals surface area (Å²) < 4.78 is 4.43. The smallest absolute Gasteiger partial charge is 0.271 e. The van der Waals surface area contributed by atoms with Gasteiger partial charge < -0.3 is 9.13 Å². The van der Waals surface area contributed by atoms with Gasteiger partial charge in [0.05, 0.1) is 17.6 Å². The van der Waals surface area contributed by atoms with Crippen LogP contribution in [0.4, 0.5) is 0 Å². The Hall–Kier alpha value is -5.42. The minimum absolute atomic E-state index is 0.260. The fourth-order valence-corrected chi connectivity index (χ4v) is 5.45. The van der Waals surface area contributed by atoms with Gasteiger partial charge in [0.2, 0.25) is 0 Å². The van der Waals surface area contributed by atoms with E-state index in [1.165, 1.54) is 5.56 Å². The average Bonchev–Trinajstić information content (AvgIpc) is 3.58. The lowest BCUT2D eigenvalue weighted by molar-refractivity contribution is 0.0955. The van der Waals surface area contributed by atoms with Crippen molar-refractivity contribution in [3.63, 3.8) is 0 Å². The number of aromatic nitrogens is 2. The van der Waals surface area contributed by atoms with Crippen molar-refractivity contribution in [3.05, 3.63) is 155 Å². The van der Waals surface area contributed by atoms with Crippen LogP contribution in [0.15, 0.2) is 132 Å². The van der Waals surface area contributed by atoms with Crippen LogP contribution in [0.3, 0.4) is 0 Å². The second-order valence-electron chi connectivity index (χ2n) is 10.4. The maximum atomic E-state index is 13.0. The molecule has 5 heteroatoms. The van der Waals surface area contributed by atoms with Gasteiger partial charge in [-0.2, -0.15) is 5.10 Å². The summed E-state index contributed by atoms with van der Waals surface area (Å²) in [6, 6.07) is 43.1. The van der Waals surface area contributed by atoms with E-state index in [-0.39, 0.29) is 5.91 Å². The summed E-state index contributed by atoms with van der Waals surface area (Å²) in [6.45, 7) is 6.22. The predicted octanol–water partition coefficient (Wildman–Crippen LogP) is 8.29. The number of hydrazone groups is 1. The molecular formula is C37H32N4O. The van der Waals surface area contributed by atoms with Gasteiger partial charge >= 0.3 is 0 Å². The van der Waals surface area contributed by atoms with Crippen molar-refractivity contribution in [1.29, 1.82) is 0 Å². The molecule has 4 aromatic carbocycles. The number of carbonyl (C=O) groups is 1. The third-order valence-corrected chi connectivity index (χ3v) is 7.51. The van der Waals surface area contributed by atoms with E-state index >= 15 is 0 Å². The van der Waals surface area contributed by atoms with Gasteiger partial charge in [0.25, 0.3) is 5.91 Å². The molecular weight excluding hydrogens is 516 g/mol. The Bertz CT molecular complexity index is 1820. The molecule has 6 aromatic rings. The van der Waals surface area contributed by atoms with E-state index in [2.05, 4.69) is 107 Å². The molecule has 0 aliphatic rings. The van der Waals surface area contributed by atoms with E-state index in [4.69, 9.17) is 0 Å². The Labute approximate surface area is 246 Å². The molecule has 0 aliphatic carbocycles. The summed E-state index contributed by atoms with van der Waals surface area (Å²) in [5.74, 6) is -0.260. The van der Waals surface area contributed by atoms with Crippen molar-refractivity contribution in [2.24, 2.45) is 5.10 Å². The van der Waals surface area contributed by atoms with E-state index in [1.807, 2.05) is 60.7 Å². The van der Waals surface area contributed by atoms with Gasteiger partial charge in [-0.05, 0) is 92.1 Å². The van der Waals surface area contributed by atoms with Crippen LogP contribution in [0.1, 0.15) is 32.9 Å². The van der Waals surface area contributed by atoms with Crippen molar-refractivity contribution < 1.29 is 4.79 Å². The Balaban J connectivity index is 1.23. The lowest BCUT2D eigenvalue weighted by atomic mass is 10.1. The Morgan fingerprint density at radius 2 is 1.26 bits per heavy atom. The first-order valence-corrected chi connectivity index (χ1v) is 14.0. The standard InChI is InChI=1S/C37H32N4O/c1-26-11-10-16-34(23-26)40-27(2)24-32(28(40)3)25-38-39-37(42)31-17-19-33(20-18-31)41-35(29-12-6-4-7-13-29)21-22-36(41)30-14-8-5-9-15-30/h4-25H,1-3H3,(H,39,42)/b38-25-. The van der Waals surface area contributed by atoms with Gasteiger partial charge in [-0.25, -0.2) is 5.43 Å². The molecule has 0 bridgehead atoms. The average molecular weight is 549 g/mol. The molecule has 2 heterocycles. The number of amides is 1. The van der Waals surface area contributed by atoms with Crippen molar-refractivity contribution >= 4 is 12.1 Å². The van der Waals surface area contributed by atoms with Crippen LogP contribution in [-0.4, -0.2) is 21.3 Å². The van der Waals surface area contributed by atoms with Crippen molar-refractivity contribution in [3.8, 4) is 33.9 Å². The third-order valence-electron chi connectivity index (χ3n) is 7.51. The number of hydrogen-bond donors (Lipinski definition) is 1. The number of nitrogens with one attached hydrogen (secondary N) is 1. The molecule has 0 radical (unpaired) electrons. The molecule has 0 saturated heterocycles. The molecule has 1 amide bonds. The van der Waals surface area contributed by atoms with Crippen molar-refractivity contribution in [1.82, 2.24) is 14.6 Å². The fraction of sp³-hybridized carbons (Fsp3) is 0.0811. The molecule has 1 N–H and O–H groups in total. The van der Waals surface area contributed by atoms with Crippen LogP contribution in [0, 0.1) is 20.8 Å². The van der Waals surface area contributed by atoms with Crippen LogP contribution in [-0.2, 0) is 0 Å². The van der Waals surface area contributed by atoms with Gasteiger partial charge in [0.1, 0.15) is 0 Å². The maximum Gasteiger partial charge on any atom is 0.271 e. The van der Waals surface area contributed by atoms with Gasteiger partial charge in [0, 0.05) is 33.9 Å². The van der Waals surface area contributed by atoms with Crippen LogP contribution in [0.5, 0.6) is 0 Å². The predicted molar refractivity (Wildman–Crippen MR) is 172 cm³/mol. The quantitative estimate of drug-likeness (QED) is 0.158. The number of hydrogen-bond acceptors (Lipinski definition) is 2. The Kier molecular flexibility index (Phi) is 7.39. The van der Waals surface area contributed by atoms with E-state index in [1.54, 1.807) is 6.21 Å². The molecule has 2 aromatic heterocycles. The molecule has 0 fully saturated rings. The second kappa shape index (κ2) is 11.6. The van der Waals surface area contributed by atoms with Crippen LogP contribution in [0.25, 0.3) is 33.9 Å². The zero-order valence-corrected chi connectivity index (χ0v) is 24.0. The molecule has 0 atom stereocenters. The minimum atomic E-state index is -0.260. The topological polar surface area (TPSA) is 51.3 Å². The molecule has 6 rings (SSSR count). The molecule has 42 heavy (non-hydrogen) atoms. The number of benzene rings is 4. The lowest BCUT2D eigenvalue weighted by Gasteiger charge is -2.15. The highest BCUT2D eigenvalue weighted by molar-refractivity contribution is 5.95. The molecule has 0 spiro atoms. The van der Waals surface area contributed by atoms with E-state index < -0.39 is 0 Å².